The molecule has 0 radical (unpaired) electrons. The van der Waals surface area contributed by atoms with Crippen molar-refractivity contribution in [3.05, 3.63) is 36.2 Å². The molecule has 0 atom stereocenters. The lowest BCUT2D eigenvalue weighted by atomic mass is 10.1. The molecule has 8 nitrogen and oxygen atoms in total. The van der Waals surface area contributed by atoms with Crippen LogP contribution in [0.5, 0.6) is 0 Å². The molecular formula is C17H22N6O2. The van der Waals surface area contributed by atoms with Gasteiger partial charge in [0.05, 0.1) is 18.1 Å². The molecule has 8 heteroatoms. The normalized spacial score (nSPS) is 16.1. The summed E-state index contributed by atoms with van der Waals surface area (Å²) in [5, 5.41) is 5.34. The number of piperazine rings is 1. The second kappa shape index (κ2) is 7.89. The van der Waals surface area contributed by atoms with Crippen LogP contribution in [0.1, 0.15) is 5.56 Å². The lowest BCUT2D eigenvalue weighted by Gasteiger charge is -2.35. The Morgan fingerprint density at radius 3 is 2.64 bits per heavy atom. The van der Waals surface area contributed by atoms with Crippen molar-refractivity contribution in [1.82, 2.24) is 24.8 Å². The van der Waals surface area contributed by atoms with Crippen LogP contribution in [0.4, 0.5) is 0 Å². The Hall–Kier alpha value is -2.74. The minimum Gasteiger partial charge on any atom is -0.467 e. The van der Waals surface area contributed by atoms with E-state index >= 15 is 0 Å². The second-order valence-electron chi connectivity index (χ2n) is 5.91. The molecule has 1 aromatic heterocycles. The minimum absolute atomic E-state index is 0.468. The highest BCUT2D eigenvalue weighted by Crippen LogP contribution is 2.14. The van der Waals surface area contributed by atoms with Gasteiger partial charge in [-0.05, 0) is 17.7 Å². The molecule has 25 heavy (non-hydrogen) atoms. The maximum Gasteiger partial charge on any atom is 0.309 e. The topological polar surface area (TPSA) is 74.2 Å². The molecule has 1 saturated heterocycles. The highest BCUT2D eigenvalue weighted by atomic mass is 16.5. The first kappa shape index (κ1) is 17.1. The largest absolute Gasteiger partial charge is 0.467 e. The van der Waals surface area contributed by atoms with Crippen molar-refractivity contribution in [2.24, 2.45) is 5.10 Å². The van der Waals surface area contributed by atoms with Crippen LogP contribution >= 0.6 is 0 Å². The van der Waals surface area contributed by atoms with Gasteiger partial charge in [-0.1, -0.05) is 6.07 Å². The fourth-order valence-corrected chi connectivity index (χ4v) is 2.85. The van der Waals surface area contributed by atoms with Gasteiger partial charge in [-0.15, -0.1) is 5.10 Å². The number of carbonyl (C=O) groups excluding carboxylic acids is 1. The molecule has 0 saturated carbocycles. The molecular weight excluding hydrogens is 320 g/mol. The zero-order chi connectivity index (χ0) is 17.6. The van der Waals surface area contributed by atoms with Crippen LogP contribution in [0.2, 0.25) is 0 Å². The number of hydrogen-bond acceptors (Lipinski definition) is 6. The highest BCUT2D eigenvalue weighted by molar-refractivity contribution is 5.75. The van der Waals surface area contributed by atoms with Crippen molar-refractivity contribution in [2.75, 3.05) is 40.3 Å². The monoisotopic (exact) mass is 342 g/mol. The van der Waals surface area contributed by atoms with E-state index in [4.69, 9.17) is 4.74 Å². The molecule has 0 unspecified atom stereocenters. The van der Waals surface area contributed by atoms with E-state index in [9.17, 15) is 4.79 Å². The SMILES string of the molecule is CO/C(=N\N(C)C=O)N1CCN(Cc2ccc3nccnc3c2)CC1. The summed E-state index contributed by atoms with van der Waals surface area (Å²) in [5.41, 5.74) is 3.06. The number of aromatic nitrogens is 2. The van der Waals surface area contributed by atoms with Crippen molar-refractivity contribution < 1.29 is 9.53 Å². The lowest BCUT2D eigenvalue weighted by Crippen LogP contribution is -2.49. The number of rotatable bonds is 4. The first-order valence-corrected chi connectivity index (χ1v) is 8.17. The van der Waals surface area contributed by atoms with Crippen LogP contribution in [0.15, 0.2) is 35.7 Å². The Balaban J connectivity index is 1.60. The van der Waals surface area contributed by atoms with Crippen LogP contribution in [0.3, 0.4) is 0 Å². The van der Waals surface area contributed by atoms with Gasteiger partial charge in [-0.25, -0.2) is 5.01 Å². The Labute approximate surface area is 146 Å². The molecule has 0 aliphatic carbocycles. The predicted molar refractivity (Wildman–Crippen MR) is 94.7 cm³/mol. The van der Waals surface area contributed by atoms with E-state index in [0.717, 1.165) is 43.8 Å². The van der Waals surface area contributed by atoms with E-state index < -0.39 is 0 Å². The average molecular weight is 342 g/mol. The van der Waals surface area contributed by atoms with E-state index in [1.165, 1.54) is 10.6 Å². The quantitative estimate of drug-likeness (QED) is 0.353. The van der Waals surface area contributed by atoms with Gasteiger partial charge in [0.25, 0.3) is 0 Å². The lowest BCUT2D eigenvalue weighted by molar-refractivity contribution is -0.117. The molecule has 0 bridgehead atoms. The molecule has 0 N–H and O–H groups in total. The molecule has 1 amide bonds. The van der Waals surface area contributed by atoms with Crippen molar-refractivity contribution in [3.63, 3.8) is 0 Å². The molecule has 2 heterocycles. The Bertz CT molecular complexity index is 758. The van der Waals surface area contributed by atoms with E-state index in [1.54, 1.807) is 26.6 Å². The first-order chi connectivity index (χ1) is 12.2. The van der Waals surface area contributed by atoms with Crippen molar-refractivity contribution in [2.45, 2.75) is 6.54 Å². The summed E-state index contributed by atoms with van der Waals surface area (Å²) in [5.74, 6) is 0. The Morgan fingerprint density at radius 2 is 1.96 bits per heavy atom. The van der Waals surface area contributed by atoms with Gasteiger partial charge in [0.2, 0.25) is 6.41 Å². The molecule has 132 valence electrons. The number of ether oxygens (including phenoxy) is 1. The summed E-state index contributed by atoms with van der Waals surface area (Å²) in [7, 11) is 3.16. The third-order valence-corrected chi connectivity index (χ3v) is 4.16. The molecule has 1 fully saturated rings. The standard InChI is InChI=1S/C17H22N6O2/c1-21(13-24)20-17(25-2)23-9-7-22(8-10-23)12-14-3-4-15-16(11-14)19-6-5-18-15/h3-6,11,13H,7-10,12H2,1-2H3/b20-17-. The number of benzene rings is 1. The molecule has 1 aliphatic rings. The average Bonchev–Trinajstić information content (AvgIpc) is 2.66. The number of nitrogens with zero attached hydrogens (tertiary/aromatic N) is 6. The zero-order valence-electron chi connectivity index (χ0n) is 14.5. The van der Waals surface area contributed by atoms with Gasteiger partial charge < -0.3 is 9.64 Å². The number of amidine groups is 1. The number of carbonyl (C=O) groups is 1. The van der Waals surface area contributed by atoms with Crippen molar-refractivity contribution in [3.8, 4) is 0 Å². The fourth-order valence-electron chi connectivity index (χ4n) is 2.85. The number of fused-ring (bicyclic) bond motifs is 1. The molecule has 2 aromatic rings. The summed E-state index contributed by atoms with van der Waals surface area (Å²) >= 11 is 0. The van der Waals surface area contributed by atoms with Crippen LogP contribution in [-0.2, 0) is 16.1 Å². The van der Waals surface area contributed by atoms with Gasteiger partial charge in [0.1, 0.15) is 0 Å². The summed E-state index contributed by atoms with van der Waals surface area (Å²) in [4.78, 5) is 23.8. The number of hydrazone groups is 1. The van der Waals surface area contributed by atoms with Gasteiger partial charge >= 0.3 is 6.02 Å². The summed E-state index contributed by atoms with van der Waals surface area (Å²) in [6, 6.07) is 6.68. The molecule has 1 aliphatic heterocycles. The number of methoxy groups -OCH3 is 1. The number of hydrogen-bond donors (Lipinski definition) is 0. The third-order valence-electron chi connectivity index (χ3n) is 4.16. The van der Waals surface area contributed by atoms with Gasteiger partial charge in [-0.3, -0.25) is 19.7 Å². The zero-order valence-corrected chi connectivity index (χ0v) is 14.5. The molecule has 3 rings (SSSR count). The Morgan fingerprint density at radius 1 is 1.24 bits per heavy atom. The van der Waals surface area contributed by atoms with E-state index in [2.05, 4.69) is 32.1 Å². The van der Waals surface area contributed by atoms with Gasteiger partial charge in [0, 0.05) is 52.2 Å². The van der Waals surface area contributed by atoms with Crippen LogP contribution in [-0.4, -0.2) is 77.5 Å². The smallest absolute Gasteiger partial charge is 0.309 e. The molecule has 1 aromatic carbocycles. The van der Waals surface area contributed by atoms with Crippen LogP contribution in [0, 0.1) is 0 Å². The van der Waals surface area contributed by atoms with Crippen molar-refractivity contribution >= 4 is 23.5 Å². The molecule has 0 spiro atoms. The summed E-state index contributed by atoms with van der Waals surface area (Å²) in [6.45, 7) is 4.25. The maximum absolute atomic E-state index is 10.7. The first-order valence-electron chi connectivity index (χ1n) is 8.17. The second-order valence-corrected chi connectivity index (χ2v) is 5.91. The van der Waals surface area contributed by atoms with E-state index in [-0.39, 0.29) is 0 Å². The minimum atomic E-state index is 0.468. The maximum atomic E-state index is 10.7. The van der Waals surface area contributed by atoms with Crippen molar-refractivity contribution in [1.29, 1.82) is 0 Å². The van der Waals surface area contributed by atoms with E-state index in [1.807, 2.05) is 11.0 Å². The summed E-state index contributed by atoms with van der Waals surface area (Å²) in [6.07, 6.45) is 4.07. The van der Waals surface area contributed by atoms with Gasteiger partial charge in [0.15, 0.2) is 0 Å². The fraction of sp³-hybridized carbons (Fsp3) is 0.412. The van der Waals surface area contributed by atoms with Crippen LogP contribution in [0.25, 0.3) is 11.0 Å². The predicted octanol–water partition coefficient (Wildman–Crippen LogP) is 0.753. The summed E-state index contributed by atoms with van der Waals surface area (Å²) < 4.78 is 5.31. The third kappa shape index (κ3) is 4.21. The number of amides is 1. The van der Waals surface area contributed by atoms with Gasteiger partial charge in [-0.2, -0.15) is 0 Å². The van der Waals surface area contributed by atoms with E-state index in [0.29, 0.717) is 12.4 Å². The Kier molecular flexibility index (Phi) is 5.39. The highest BCUT2D eigenvalue weighted by Gasteiger charge is 2.21. The van der Waals surface area contributed by atoms with Crippen LogP contribution < -0.4 is 0 Å².